The topological polar surface area (TPSA) is 90.2 Å². The maximum Gasteiger partial charge on any atom is 0.307 e. The Bertz CT molecular complexity index is 282. The third-order valence-electron chi connectivity index (χ3n) is 2.51. The number of carboxylic acids is 1. The summed E-state index contributed by atoms with van der Waals surface area (Å²) in [6.07, 6.45) is 1.93. The zero-order valence-electron chi connectivity index (χ0n) is 7.69. The third kappa shape index (κ3) is 2.22. The van der Waals surface area contributed by atoms with E-state index >= 15 is 0 Å². The van der Waals surface area contributed by atoms with Crippen molar-refractivity contribution in [2.45, 2.75) is 19.3 Å². The first-order chi connectivity index (χ1) is 6.66. The summed E-state index contributed by atoms with van der Waals surface area (Å²) in [5, 5.41) is 19.5. The van der Waals surface area contributed by atoms with Crippen molar-refractivity contribution in [1.82, 2.24) is 5.32 Å². The fourth-order valence-electron chi connectivity index (χ4n) is 1.83. The highest BCUT2D eigenvalue weighted by Gasteiger charge is 2.37. The lowest BCUT2D eigenvalue weighted by molar-refractivity contribution is -0.146. The number of carbonyl (C=O) groups is 2. The van der Waals surface area contributed by atoms with Gasteiger partial charge in [-0.1, -0.05) is 6.42 Å². The molecule has 0 bridgehead atoms. The third-order valence-corrected chi connectivity index (χ3v) is 2.51. The van der Waals surface area contributed by atoms with Crippen molar-refractivity contribution in [3.8, 4) is 6.07 Å². The van der Waals surface area contributed by atoms with Gasteiger partial charge >= 0.3 is 5.97 Å². The highest BCUT2D eigenvalue weighted by Crippen LogP contribution is 2.31. The molecule has 0 aromatic rings. The summed E-state index contributed by atoms with van der Waals surface area (Å²) in [6, 6.07) is 1.79. The summed E-state index contributed by atoms with van der Waals surface area (Å²) in [7, 11) is 0. The summed E-state index contributed by atoms with van der Waals surface area (Å²) >= 11 is 0. The van der Waals surface area contributed by atoms with Crippen LogP contribution in [-0.4, -0.2) is 23.5 Å². The van der Waals surface area contributed by atoms with Gasteiger partial charge in [0.1, 0.15) is 6.54 Å². The van der Waals surface area contributed by atoms with Gasteiger partial charge in [-0.2, -0.15) is 5.26 Å². The molecule has 5 nitrogen and oxygen atoms in total. The van der Waals surface area contributed by atoms with E-state index < -0.39 is 17.8 Å². The average molecular weight is 196 g/mol. The normalized spacial score (nSPS) is 25.4. The van der Waals surface area contributed by atoms with Crippen molar-refractivity contribution in [2.75, 3.05) is 6.54 Å². The van der Waals surface area contributed by atoms with Gasteiger partial charge in [-0.15, -0.1) is 0 Å². The van der Waals surface area contributed by atoms with Gasteiger partial charge in [0.25, 0.3) is 0 Å². The molecule has 2 atom stereocenters. The number of rotatable bonds is 3. The van der Waals surface area contributed by atoms with Crippen LogP contribution in [0.2, 0.25) is 0 Å². The fraction of sp³-hybridized carbons (Fsp3) is 0.667. The van der Waals surface area contributed by atoms with Crippen molar-refractivity contribution in [3.05, 3.63) is 0 Å². The van der Waals surface area contributed by atoms with Crippen LogP contribution in [0, 0.1) is 23.2 Å². The molecule has 14 heavy (non-hydrogen) atoms. The van der Waals surface area contributed by atoms with Crippen LogP contribution in [0.15, 0.2) is 0 Å². The van der Waals surface area contributed by atoms with Crippen molar-refractivity contribution >= 4 is 11.9 Å². The molecule has 0 unspecified atom stereocenters. The lowest BCUT2D eigenvalue weighted by Gasteiger charge is -2.13. The number of aliphatic carboxylic acids is 1. The minimum absolute atomic E-state index is 0.0539. The Morgan fingerprint density at radius 1 is 1.43 bits per heavy atom. The van der Waals surface area contributed by atoms with Crippen molar-refractivity contribution in [2.24, 2.45) is 11.8 Å². The largest absolute Gasteiger partial charge is 0.481 e. The zero-order chi connectivity index (χ0) is 10.6. The molecule has 76 valence electrons. The van der Waals surface area contributed by atoms with Gasteiger partial charge in [-0.25, -0.2) is 0 Å². The molecule has 0 spiro atoms. The standard InChI is InChI=1S/C9H12N2O3/c10-4-5-11-8(12)6-2-1-3-7(6)9(13)14/h6-7H,1-3,5H2,(H,11,12)(H,13,14)/t6-,7-/m0/s1. The number of amides is 1. The van der Waals surface area contributed by atoms with E-state index in [4.69, 9.17) is 10.4 Å². The molecule has 2 N–H and O–H groups in total. The van der Waals surface area contributed by atoms with Crippen LogP contribution in [0.3, 0.4) is 0 Å². The van der Waals surface area contributed by atoms with Crippen LogP contribution in [0.5, 0.6) is 0 Å². The molecule has 1 fully saturated rings. The van der Waals surface area contributed by atoms with Crippen molar-refractivity contribution in [1.29, 1.82) is 5.26 Å². The van der Waals surface area contributed by atoms with Gasteiger partial charge < -0.3 is 10.4 Å². The van der Waals surface area contributed by atoms with Gasteiger partial charge in [0.05, 0.1) is 17.9 Å². The lowest BCUT2D eigenvalue weighted by atomic mass is 9.95. The number of hydrogen-bond acceptors (Lipinski definition) is 3. The van der Waals surface area contributed by atoms with E-state index in [0.29, 0.717) is 12.8 Å². The first-order valence-electron chi connectivity index (χ1n) is 4.54. The van der Waals surface area contributed by atoms with E-state index in [1.54, 1.807) is 6.07 Å². The van der Waals surface area contributed by atoms with Crippen LogP contribution in [-0.2, 0) is 9.59 Å². The highest BCUT2D eigenvalue weighted by atomic mass is 16.4. The second kappa shape index (κ2) is 4.61. The number of hydrogen-bond donors (Lipinski definition) is 2. The van der Waals surface area contributed by atoms with Gasteiger partial charge in [0, 0.05) is 0 Å². The first-order valence-corrected chi connectivity index (χ1v) is 4.54. The summed E-state index contributed by atoms with van der Waals surface area (Å²) in [5.74, 6) is -2.26. The monoisotopic (exact) mass is 196 g/mol. The Balaban J connectivity index is 2.54. The fourth-order valence-corrected chi connectivity index (χ4v) is 1.83. The molecule has 1 amide bonds. The second-order valence-electron chi connectivity index (χ2n) is 3.36. The molecule has 0 aliphatic heterocycles. The summed E-state index contributed by atoms with van der Waals surface area (Å²) in [5.41, 5.74) is 0. The minimum atomic E-state index is -0.917. The van der Waals surface area contributed by atoms with Crippen LogP contribution < -0.4 is 5.32 Å². The van der Waals surface area contributed by atoms with Gasteiger partial charge in [-0.3, -0.25) is 9.59 Å². The maximum atomic E-state index is 11.4. The molecular weight excluding hydrogens is 184 g/mol. The molecule has 1 aliphatic carbocycles. The number of nitrogens with zero attached hydrogens (tertiary/aromatic N) is 1. The number of nitrogens with one attached hydrogen (secondary N) is 1. The van der Waals surface area contributed by atoms with Crippen LogP contribution in [0.4, 0.5) is 0 Å². The Kier molecular flexibility index (Phi) is 3.46. The van der Waals surface area contributed by atoms with E-state index in [0.717, 1.165) is 6.42 Å². The molecule has 0 radical (unpaired) electrons. The van der Waals surface area contributed by atoms with Crippen LogP contribution in [0.25, 0.3) is 0 Å². The molecule has 5 heteroatoms. The lowest BCUT2D eigenvalue weighted by Crippen LogP contribution is -2.35. The second-order valence-corrected chi connectivity index (χ2v) is 3.36. The van der Waals surface area contributed by atoms with E-state index in [1.165, 1.54) is 0 Å². The summed E-state index contributed by atoms with van der Waals surface area (Å²) in [6.45, 7) is -0.0539. The van der Waals surface area contributed by atoms with Crippen LogP contribution in [0.1, 0.15) is 19.3 Å². The number of nitriles is 1. The molecule has 1 aliphatic rings. The van der Waals surface area contributed by atoms with Gasteiger partial charge in [-0.05, 0) is 12.8 Å². The van der Waals surface area contributed by atoms with E-state index in [1.807, 2.05) is 0 Å². The molecule has 1 rings (SSSR count). The average Bonchev–Trinajstić information content (AvgIpc) is 2.62. The SMILES string of the molecule is N#CCNC(=O)[C@H]1CCC[C@@H]1C(=O)O. The quantitative estimate of drug-likeness (QED) is 0.627. The van der Waals surface area contributed by atoms with Crippen LogP contribution >= 0.6 is 0 Å². The van der Waals surface area contributed by atoms with Crippen molar-refractivity contribution < 1.29 is 14.7 Å². The van der Waals surface area contributed by atoms with Gasteiger partial charge in [0.15, 0.2) is 0 Å². The van der Waals surface area contributed by atoms with Gasteiger partial charge in [0.2, 0.25) is 5.91 Å². The predicted octanol–water partition coefficient (Wildman–Crippen LogP) is 0.127. The molecular formula is C9H12N2O3. The Labute approximate surface area is 81.7 Å². The summed E-state index contributed by atoms with van der Waals surface area (Å²) in [4.78, 5) is 22.1. The Morgan fingerprint density at radius 3 is 2.64 bits per heavy atom. The number of carboxylic acid groups (broad SMARTS) is 1. The van der Waals surface area contributed by atoms with E-state index in [-0.39, 0.29) is 12.5 Å². The molecule has 0 aromatic heterocycles. The smallest absolute Gasteiger partial charge is 0.307 e. The first kappa shape index (κ1) is 10.5. The zero-order valence-corrected chi connectivity index (χ0v) is 7.69. The Morgan fingerprint density at radius 2 is 2.07 bits per heavy atom. The Hall–Kier alpha value is -1.57. The number of carbonyl (C=O) groups excluding carboxylic acids is 1. The molecule has 0 aromatic carbocycles. The molecule has 1 saturated carbocycles. The highest BCUT2D eigenvalue weighted by molar-refractivity contribution is 5.85. The summed E-state index contributed by atoms with van der Waals surface area (Å²) < 4.78 is 0. The van der Waals surface area contributed by atoms with Crippen molar-refractivity contribution in [3.63, 3.8) is 0 Å². The van der Waals surface area contributed by atoms with E-state index in [9.17, 15) is 9.59 Å². The van der Waals surface area contributed by atoms with E-state index in [2.05, 4.69) is 5.32 Å². The minimum Gasteiger partial charge on any atom is -0.481 e. The maximum absolute atomic E-state index is 11.4. The predicted molar refractivity (Wildman–Crippen MR) is 47.1 cm³/mol. The molecule has 0 heterocycles. The molecule has 0 saturated heterocycles.